The van der Waals surface area contributed by atoms with Crippen molar-refractivity contribution in [3.8, 4) is 0 Å². The first-order valence-corrected chi connectivity index (χ1v) is 17.9. The van der Waals surface area contributed by atoms with Crippen molar-refractivity contribution in [2.24, 2.45) is 5.92 Å². The molecule has 48 heavy (non-hydrogen) atoms. The maximum Gasteiger partial charge on any atom is 0.293 e. The normalized spacial score (nSPS) is 18.9. The van der Waals surface area contributed by atoms with Gasteiger partial charge in [0.1, 0.15) is 21.6 Å². The largest absolute Gasteiger partial charge is 0.462 e. The molecule has 11 heteroatoms. The number of anilines is 1. The maximum atomic E-state index is 13.1. The van der Waals surface area contributed by atoms with Gasteiger partial charge >= 0.3 is 0 Å². The van der Waals surface area contributed by atoms with E-state index < -0.39 is 0 Å². The number of fused-ring (bicyclic) bond motifs is 1. The van der Waals surface area contributed by atoms with E-state index in [-0.39, 0.29) is 33.7 Å². The number of nitrogens with zero attached hydrogens (tertiary/aromatic N) is 4. The van der Waals surface area contributed by atoms with E-state index in [0.717, 1.165) is 61.4 Å². The Bertz CT molecular complexity index is 1550. The number of carbonyl (C=O) groups excluding carboxylic acids is 2. The molecular formula is C37H51ClN6O3S. The summed E-state index contributed by atoms with van der Waals surface area (Å²) in [5, 5.41) is 4.55. The fraction of sp³-hybridized carbons (Fsp3) is 0.541. The van der Waals surface area contributed by atoms with Crippen molar-refractivity contribution < 1.29 is 14.3 Å². The zero-order valence-corrected chi connectivity index (χ0v) is 31.2. The van der Waals surface area contributed by atoms with Crippen LogP contribution in [-0.2, 0) is 21.4 Å². The quantitative estimate of drug-likeness (QED) is 0.123. The molecule has 2 N–H and O–H groups in total. The van der Waals surface area contributed by atoms with E-state index in [1.54, 1.807) is 0 Å². The van der Waals surface area contributed by atoms with Crippen LogP contribution in [0.5, 0.6) is 0 Å². The Kier molecular flexibility index (Phi) is 12.5. The number of hydrogen-bond donors (Lipinski definition) is 2. The topological polar surface area (TPSA) is 109 Å². The summed E-state index contributed by atoms with van der Waals surface area (Å²) in [4.78, 5) is 39.2. The van der Waals surface area contributed by atoms with Crippen LogP contribution in [0.15, 0.2) is 53.7 Å². The Balaban J connectivity index is 0.000000671. The molecule has 0 saturated carbocycles. The van der Waals surface area contributed by atoms with Gasteiger partial charge in [0.2, 0.25) is 0 Å². The van der Waals surface area contributed by atoms with Gasteiger partial charge in [-0.05, 0) is 122 Å². The summed E-state index contributed by atoms with van der Waals surface area (Å²) in [6, 6.07) is 13.8. The molecule has 2 atom stereocenters. The summed E-state index contributed by atoms with van der Waals surface area (Å²) in [5.74, 6) is 1.14. The first-order chi connectivity index (χ1) is 22.6. The Morgan fingerprint density at radius 2 is 1.94 bits per heavy atom. The van der Waals surface area contributed by atoms with Crippen LogP contribution >= 0.6 is 23.5 Å². The molecular weight excluding hydrogens is 644 g/mol. The first kappa shape index (κ1) is 37.6. The van der Waals surface area contributed by atoms with Crippen LogP contribution in [0.1, 0.15) is 114 Å². The van der Waals surface area contributed by atoms with Gasteiger partial charge in [0.15, 0.2) is 0 Å². The predicted molar refractivity (Wildman–Crippen MR) is 194 cm³/mol. The maximum absolute atomic E-state index is 13.1. The summed E-state index contributed by atoms with van der Waals surface area (Å²) >= 11 is 7.67. The van der Waals surface area contributed by atoms with Crippen molar-refractivity contribution in [3.05, 3.63) is 76.3 Å². The van der Waals surface area contributed by atoms with Crippen LogP contribution < -0.4 is 10.0 Å². The van der Waals surface area contributed by atoms with Crippen LogP contribution in [0.2, 0.25) is 5.15 Å². The number of amides is 1. The number of halogens is 1. The van der Waals surface area contributed by atoms with Crippen molar-refractivity contribution in [3.63, 3.8) is 0 Å². The predicted octanol–water partition coefficient (Wildman–Crippen LogP) is 8.20. The van der Waals surface area contributed by atoms with E-state index in [9.17, 15) is 9.59 Å². The second-order valence-electron chi connectivity index (χ2n) is 15.1. The summed E-state index contributed by atoms with van der Waals surface area (Å²) < 4.78 is 7.46. The lowest BCUT2D eigenvalue weighted by Crippen LogP contribution is -2.34. The first-order valence-electron chi connectivity index (χ1n) is 16.7. The third-order valence-corrected chi connectivity index (χ3v) is 10.2. The van der Waals surface area contributed by atoms with Crippen molar-refractivity contribution in [1.82, 2.24) is 24.6 Å². The fourth-order valence-electron chi connectivity index (χ4n) is 6.37. The van der Waals surface area contributed by atoms with Gasteiger partial charge in [0.25, 0.3) is 12.4 Å². The van der Waals surface area contributed by atoms with Gasteiger partial charge in [0, 0.05) is 35.6 Å². The number of aromatic nitrogens is 3. The van der Waals surface area contributed by atoms with Crippen LogP contribution in [0.4, 0.5) is 5.82 Å². The highest BCUT2D eigenvalue weighted by Crippen LogP contribution is 2.38. The number of aryl methyl sites for hydroxylation is 1. The summed E-state index contributed by atoms with van der Waals surface area (Å²) in [6.45, 7) is 16.1. The molecule has 1 amide bonds. The summed E-state index contributed by atoms with van der Waals surface area (Å²) in [5.41, 5.74) is 3.41. The van der Waals surface area contributed by atoms with Gasteiger partial charge in [-0.1, -0.05) is 37.6 Å². The number of hydrogen-bond acceptors (Lipinski definition) is 9. The second-order valence-corrected chi connectivity index (χ2v) is 16.3. The Morgan fingerprint density at radius 3 is 2.56 bits per heavy atom. The van der Waals surface area contributed by atoms with Crippen molar-refractivity contribution in [1.29, 1.82) is 0 Å². The zero-order valence-electron chi connectivity index (χ0n) is 29.6. The molecule has 4 heterocycles. The molecule has 0 bridgehead atoms. The van der Waals surface area contributed by atoms with Gasteiger partial charge in [-0.25, -0.2) is 9.97 Å². The molecule has 9 nitrogen and oxygen atoms in total. The number of ether oxygens (including phenoxy) is 1. The molecule has 0 spiro atoms. The molecule has 1 fully saturated rings. The Morgan fingerprint density at radius 1 is 1.17 bits per heavy atom. The van der Waals surface area contributed by atoms with Crippen molar-refractivity contribution in [2.75, 3.05) is 18.9 Å². The smallest absolute Gasteiger partial charge is 0.293 e. The number of likely N-dealkylation sites (tertiary alicyclic amines) is 1. The lowest BCUT2D eigenvalue weighted by Gasteiger charge is -2.31. The number of pyridine rings is 3. The average molecular weight is 695 g/mol. The second kappa shape index (κ2) is 16.0. The van der Waals surface area contributed by atoms with E-state index in [4.69, 9.17) is 16.6 Å². The number of nitrogens with one attached hydrogen (secondary N) is 2. The highest BCUT2D eigenvalue weighted by molar-refractivity contribution is 7.97. The SMILES string of the molecule is CC(C)(C)OC=O.CN1CC(CCC(Nc2cccc(SNC(=O)c3cc4c(nc3Cl)C(C)(C)CCC4)n2)c2ccccn2)CC1(C)C. The highest BCUT2D eigenvalue weighted by atomic mass is 35.5. The molecule has 0 radical (unpaired) electrons. The molecule has 1 saturated heterocycles. The third kappa shape index (κ3) is 10.4. The van der Waals surface area contributed by atoms with Gasteiger partial charge in [-0.2, -0.15) is 0 Å². The van der Waals surface area contributed by atoms with E-state index in [1.165, 1.54) is 18.4 Å². The average Bonchev–Trinajstić information content (AvgIpc) is 3.29. The van der Waals surface area contributed by atoms with E-state index in [2.05, 4.69) is 70.5 Å². The van der Waals surface area contributed by atoms with Crippen LogP contribution in [0.3, 0.4) is 0 Å². The molecule has 3 aromatic rings. The molecule has 260 valence electrons. The lowest BCUT2D eigenvalue weighted by molar-refractivity contribution is -0.138. The minimum atomic E-state index is -0.318. The van der Waals surface area contributed by atoms with E-state index in [1.807, 2.05) is 63.4 Å². The number of rotatable bonds is 10. The third-order valence-electron chi connectivity index (χ3n) is 9.15. The molecule has 1 aliphatic carbocycles. The molecule has 3 aromatic heterocycles. The molecule has 2 aliphatic rings. The molecule has 2 unspecified atom stereocenters. The lowest BCUT2D eigenvalue weighted by atomic mass is 9.76. The minimum absolute atomic E-state index is 0.0322. The Labute approximate surface area is 295 Å². The van der Waals surface area contributed by atoms with Crippen LogP contribution in [0.25, 0.3) is 0 Å². The Hall–Kier alpha value is -3.21. The molecule has 0 aromatic carbocycles. The highest BCUT2D eigenvalue weighted by Gasteiger charge is 2.36. The van der Waals surface area contributed by atoms with Crippen LogP contribution in [0, 0.1) is 5.92 Å². The molecule has 5 rings (SSSR count). The monoisotopic (exact) mass is 694 g/mol. The van der Waals surface area contributed by atoms with E-state index >= 15 is 0 Å². The van der Waals surface area contributed by atoms with Gasteiger partial charge < -0.3 is 15.0 Å². The fourth-order valence-corrected chi connectivity index (χ4v) is 7.19. The standard InChI is InChI=1S/C32H41ClN6OS.C5H10O2/c1-31(2)16-9-10-22-18-23(29(33)37-28(22)31)30(40)38-41-27-13-8-12-26(36-27)35-25(24-11-6-7-17-34-24)15-14-21-19-32(3,4)39(5)20-21;1-5(2,3)7-4-6/h6-8,11-13,17-18,21,25H,9-10,14-16,19-20H2,1-5H3,(H,35,36)(H,38,40);4H,1-3H3. The van der Waals surface area contributed by atoms with Crippen LogP contribution in [-0.4, -0.2) is 57.0 Å². The minimum Gasteiger partial charge on any atom is -0.462 e. The number of carbonyl (C=O) groups is 2. The van der Waals surface area contributed by atoms with Gasteiger partial charge in [-0.15, -0.1) is 0 Å². The molecule has 1 aliphatic heterocycles. The summed E-state index contributed by atoms with van der Waals surface area (Å²) in [7, 11) is 2.22. The van der Waals surface area contributed by atoms with Crippen molar-refractivity contribution >= 4 is 41.7 Å². The van der Waals surface area contributed by atoms with Gasteiger partial charge in [0.05, 0.1) is 23.0 Å². The van der Waals surface area contributed by atoms with E-state index in [0.29, 0.717) is 23.0 Å². The summed E-state index contributed by atoms with van der Waals surface area (Å²) in [6.07, 6.45) is 8.17. The zero-order chi connectivity index (χ0) is 35.1. The van der Waals surface area contributed by atoms with Crippen molar-refractivity contribution in [2.45, 2.75) is 115 Å². The van der Waals surface area contributed by atoms with Gasteiger partial charge in [-0.3, -0.25) is 19.3 Å².